The molecule has 1 aliphatic carbocycles. The van der Waals surface area contributed by atoms with Crippen LogP contribution in [-0.4, -0.2) is 5.11 Å². The van der Waals surface area contributed by atoms with Gasteiger partial charge in [0.2, 0.25) is 0 Å². The summed E-state index contributed by atoms with van der Waals surface area (Å²) >= 11 is 1.33. The van der Waals surface area contributed by atoms with Gasteiger partial charge in [-0.05, 0) is 41.9 Å². The van der Waals surface area contributed by atoms with Crippen LogP contribution < -0.4 is 5.63 Å². The molecule has 0 saturated heterocycles. The van der Waals surface area contributed by atoms with Gasteiger partial charge in [-0.2, -0.15) is 0 Å². The first-order valence-corrected chi connectivity index (χ1v) is 11.1. The molecule has 1 fully saturated rings. The van der Waals surface area contributed by atoms with Crippen LogP contribution >= 0.6 is 11.8 Å². The summed E-state index contributed by atoms with van der Waals surface area (Å²) < 4.78 is 5.55. The molecule has 3 aromatic rings. The van der Waals surface area contributed by atoms with Crippen molar-refractivity contribution in [2.75, 3.05) is 0 Å². The lowest BCUT2D eigenvalue weighted by atomic mass is 9.94. The molecule has 29 heavy (non-hydrogen) atoms. The average molecular weight is 407 g/mol. The molecule has 3 nitrogen and oxygen atoms in total. The lowest BCUT2D eigenvalue weighted by Crippen LogP contribution is -2.04. The van der Waals surface area contributed by atoms with E-state index in [9.17, 15) is 9.90 Å². The molecule has 1 aliphatic rings. The summed E-state index contributed by atoms with van der Waals surface area (Å²) in [6, 6.07) is 17.5. The molecule has 0 spiro atoms. The van der Waals surface area contributed by atoms with Crippen LogP contribution in [-0.2, 0) is 0 Å². The van der Waals surface area contributed by atoms with Gasteiger partial charge < -0.3 is 9.52 Å². The van der Waals surface area contributed by atoms with E-state index in [0.717, 1.165) is 10.5 Å². The van der Waals surface area contributed by atoms with E-state index in [-0.39, 0.29) is 10.6 Å². The molecule has 0 amide bonds. The summed E-state index contributed by atoms with van der Waals surface area (Å²) in [7, 11) is 0. The van der Waals surface area contributed by atoms with Gasteiger partial charge in [-0.15, -0.1) is 0 Å². The Bertz CT molecular complexity index is 1050. The molecular weight excluding hydrogens is 380 g/mol. The summed E-state index contributed by atoms with van der Waals surface area (Å²) in [5, 5.41) is 10.6. The Balaban J connectivity index is 1.73. The molecule has 0 unspecified atom stereocenters. The molecule has 4 heteroatoms. The van der Waals surface area contributed by atoms with Crippen LogP contribution in [0.4, 0.5) is 0 Å². The lowest BCUT2D eigenvalue weighted by molar-refractivity contribution is 0.430. The van der Waals surface area contributed by atoms with Crippen LogP contribution in [0.25, 0.3) is 11.3 Å². The van der Waals surface area contributed by atoms with Crippen LogP contribution in [0.3, 0.4) is 0 Å². The van der Waals surface area contributed by atoms with Gasteiger partial charge >= 0.3 is 5.63 Å². The van der Waals surface area contributed by atoms with Crippen molar-refractivity contribution < 1.29 is 9.52 Å². The third kappa shape index (κ3) is 4.27. The fourth-order valence-electron chi connectivity index (χ4n) is 3.99. The van der Waals surface area contributed by atoms with Crippen molar-refractivity contribution in [2.24, 2.45) is 0 Å². The minimum Gasteiger partial charge on any atom is -0.506 e. The molecule has 1 saturated carbocycles. The summed E-state index contributed by atoms with van der Waals surface area (Å²) in [4.78, 5) is 14.1. The third-order valence-electron chi connectivity index (χ3n) is 5.66. The van der Waals surface area contributed by atoms with E-state index >= 15 is 0 Å². The van der Waals surface area contributed by atoms with Crippen molar-refractivity contribution >= 4 is 11.8 Å². The fraction of sp³-hybridized carbons (Fsp3) is 0.320. The van der Waals surface area contributed by atoms with E-state index in [2.05, 4.69) is 32.0 Å². The second kappa shape index (κ2) is 8.50. The van der Waals surface area contributed by atoms with E-state index in [1.807, 2.05) is 30.3 Å². The van der Waals surface area contributed by atoms with Gasteiger partial charge in [0.15, 0.2) is 0 Å². The Kier molecular flexibility index (Phi) is 5.81. The van der Waals surface area contributed by atoms with Gasteiger partial charge in [-0.1, -0.05) is 80.9 Å². The van der Waals surface area contributed by atoms with E-state index in [1.54, 1.807) is 6.07 Å². The van der Waals surface area contributed by atoms with Crippen LogP contribution in [0.5, 0.6) is 5.75 Å². The molecule has 150 valence electrons. The molecule has 1 aromatic heterocycles. The van der Waals surface area contributed by atoms with Crippen molar-refractivity contribution in [3.8, 4) is 17.1 Å². The Morgan fingerprint density at radius 1 is 1.03 bits per heavy atom. The highest BCUT2D eigenvalue weighted by atomic mass is 32.2. The molecular formula is C25H26O3S. The first-order chi connectivity index (χ1) is 14.0. The van der Waals surface area contributed by atoms with E-state index in [4.69, 9.17) is 4.42 Å². The molecule has 2 aromatic carbocycles. The monoisotopic (exact) mass is 406 g/mol. The van der Waals surface area contributed by atoms with Crippen molar-refractivity contribution in [3.63, 3.8) is 0 Å². The van der Waals surface area contributed by atoms with Gasteiger partial charge in [0.05, 0.1) is 0 Å². The van der Waals surface area contributed by atoms with E-state index in [0.29, 0.717) is 17.6 Å². The molecule has 0 atom stereocenters. The Morgan fingerprint density at radius 3 is 2.41 bits per heavy atom. The SMILES string of the molecule is CC(C)c1ccc(C2CCCC2)c(Sc2c(O)cc(-c3ccccc3)oc2=O)c1. The number of benzene rings is 2. The van der Waals surface area contributed by atoms with Crippen LogP contribution in [0, 0.1) is 0 Å². The van der Waals surface area contributed by atoms with Crippen molar-refractivity contribution in [1.29, 1.82) is 0 Å². The topological polar surface area (TPSA) is 50.4 Å². The maximum Gasteiger partial charge on any atom is 0.354 e. The van der Waals surface area contributed by atoms with Crippen LogP contribution in [0.1, 0.15) is 62.5 Å². The highest BCUT2D eigenvalue weighted by Gasteiger charge is 2.23. The lowest BCUT2D eigenvalue weighted by Gasteiger charge is -2.18. The zero-order chi connectivity index (χ0) is 20.4. The molecule has 4 rings (SSSR count). The smallest absolute Gasteiger partial charge is 0.354 e. The number of aromatic hydroxyl groups is 1. The number of hydrogen-bond donors (Lipinski definition) is 1. The maximum absolute atomic E-state index is 12.7. The highest BCUT2D eigenvalue weighted by molar-refractivity contribution is 7.99. The third-order valence-corrected chi connectivity index (χ3v) is 6.81. The molecule has 1 heterocycles. The molecule has 0 bridgehead atoms. The van der Waals surface area contributed by atoms with Gasteiger partial charge in [0.1, 0.15) is 16.4 Å². The Morgan fingerprint density at radius 2 is 1.76 bits per heavy atom. The molecule has 1 N–H and O–H groups in total. The maximum atomic E-state index is 12.7. The second-order valence-electron chi connectivity index (χ2n) is 8.01. The van der Waals surface area contributed by atoms with E-state index < -0.39 is 5.63 Å². The molecule has 0 radical (unpaired) electrons. The normalized spacial score (nSPS) is 14.6. The summed E-state index contributed by atoms with van der Waals surface area (Å²) in [6.45, 7) is 4.33. The average Bonchev–Trinajstić information content (AvgIpc) is 3.25. The van der Waals surface area contributed by atoms with Crippen LogP contribution in [0.2, 0.25) is 0 Å². The second-order valence-corrected chi connectivity index (χ2v) is 9.07. The predicted molar refractivity (Wildman–Crippen MR) is 118 cm³/mol. The minimum atomic E-state index is -0.499. The number of rotatable bonds is 5. The predicted octanol–water partition coefficient (Wildman–Crippen LogP) is 6.94. The highest BCUT2D eigenvalue weighted by Crippen LogP contribution is 2.43. The quantitative estimate of drug-likeness (QED) is 0.498. The Labute approximate surface area is 175 Å². The number of hydrogen-bond acceptors (Lipinski definition) is 4. The minimum absolute atomic E-state index is 0.0302. The van der Waals surface area contributed by atoms with Gasteiger partial charge in [0, 0.05) is 16.5 Å². The first-order valence-electron chi connectivity index (χ1n) is 10.3. The van der Waals surface area contributed by atoms with Crippen molar-refractivity contribution in [1.82, 2.24) is 0 Å². The summed E-state index contributed by atoms with van der Waals surface area (Å²) in [5.74, 6) is 1.27. The largest absolute Gasteiger partial charge is 0.506 e. The van der Waals surface area contributed by atoms with Crippen LogP contribution in [0.15, 0.2) is 73.6 Å². The van der Waals surface area contributed by atoms with Gasteiger partial charge in [0.25, 0.3) is 0 Å². The zero-order valence-corrected chi connectivity index (χ0v) is 17.7. The standard InChI is InChI=1S/C25H26O3S/c1-16(2)19-12-13-20(17-8-6-7-9-17)23(14-19)29-24-21(26)15-22(28-25(24)27)18-10-4-3-5-11-18/h3-5,10-17,26H,6-9H2,1-2H3. The summed E-state index contributed by atoms with van der Waals surface area (Å²) in [6.07, 6.45) is 4.87. The van der Waals surface area contributed by atoms with E-state index in [1.165, 1.54) is 48.6 Å². The van der Waals surface area contributed by atoms with Gasteiger partial charge in [-0.25, -0.2) is 4.79 Å². The fourth-order valence-corrected chi connectivity index (χ4v) is 5.05. The molecule has 0 aliphatic heterocycles. The van der Waals surface area contributed by atoms with Crippen molar-refractivity contribution in [2.45, 2.75) is 61.2 Å². The Hall–Kier alpha value is -2.46. The van der Waals surface area contributed by atoms with Gasteiger partial charge in [-0.3, -0.25) is 0 Å². The first kappa shape index (κ1) is 19.8. The zero-order valence-electron chi connectivity index (χ0n) is 16.9. The summed E-state index contributed by atoms with van der Waals surface area (Å²) in [5.41, 5.74) is 2.79. The van der Waals surface area contributed by atoms with Crippen molar-refractivity contribution in [3.05, 3.63) is 76.1 Å².